The predicted molar refractivity (Wildman–Crippen MR) is 80.4 cm³/mol. The normalized spacial score (nSPS) is 13.7. The summed E-state index contributed by atoms with van der Waals surface area (Å²) in [7, 11) is 1.52. The zero-order chi connectivity index (χ0) is 16.8. The third-order valence-corrected chi connectivity index (χ3v) is 2.99. The average Bonchev–Trinajstić information content (AvgIpc) is 2.31. The maximum absolute atomic E-state index is 12.3. The molecule has 1 unspecified atom stereocenters. The van der Waals surface area contributed by atoms with Gasteiger partial charge in [-0.1, -0.05) is 6.92 Å². The molecule has 0 aromatic heterocycles. The number of ether oxygens (including phenoxy) is 2. The van der Waals surface area contributed by atoms with Gasteiger partial charge >= 0.3 is 12.1 Å². The van der Waals surface area contributed by atoms with Crippen LogP contribution in [0, 0.1) is 0 Å². The standard InChI is InChI=1S/C15H29NO5/c1-8-9-16(13(19)21-14(2,3)4)11(12(17)18)10-15(5,6)20-7/h11H,8-10H2,1-7H3,(H,17,18). The molecule has 6 heteroatoms. The first kappa shape index (κ1) is 19.7. The number of aliphatic carboxylic acids is 1. The van der Waals surface area contributed by atoms with Gasteiger partial charge in [-0.3, -0.25) is 4.90 Å². The first-order valence-electron chi connectivity index (χ1n) is 7.21. The number of carboxylic acid groups (broad SMARTS) is 1. The minimum Gasteiger partial charge on any atom is -0.480 e. The van der Waals surface area contributed by atoms with E-state index in [9.17, 15) is 14.7 Å². The lowest BCUT2D eigenvalue weighted by molar-refractivity contribution is -0.146. The highest BCUT2D eigenvalue weighted by atomic mass is 16.6. The fourth-order valence-electron chi connectivity index (χ4n) is 1.82. The molecule has 0 saturated carbocycles. The first-order valence-corrected chi connectivity index (χ1v) is 7.21. The number of carbonyl (C=O) groups is 2. The Morgan fingerprint density at radius 2 is 1.71 bits per heavy atom. The smallest absolute Gasteiger partial charge is 0.411 e. The van der Waals surface area contributed by atoms with Gasteiger partial charge in [0.2, 0.25) is 0 Å². The summed E-state index contributed by atoms with van der Waals surface area (Å²) in [4.78, 5) is 25.1. The molecule has 21 heavy (non-hydrogen) atoms. The number of rotatable bonds is 7. The summed E-state index contributed by atoms with van der Waals surface area (Å²) >= 11 is 0. The van der Waals surface area contributed by atoms with Crippen LogP contribution in [0.15, 0.2) is 0 Å². The highest BCUT2D eigenvalue weighted by molar-refractivity contribution is 5.80. The van der Waals surface area contributed by atoms with Gasteiger partial charge in [-0.15, -0.1) is 0 Å². The number of hydrogen-bond donors (Lipinski definition) is 1. The van der Waals surface area contributed by atoms with Crippen molar-refractivity contribution in [1.82, 2.24) is 4.90 Å². The molecule has 0 aromatic rings. The molecule has 0 aromatic carbocycles. The molecule has 0 aliphatic heterocycles. The first-order chi connectivity index (χ1) is 9.43. The van der Waals surface area contributed by atoms with E-state index in [1.807, 2.05) is 6.92 Å². The Morgan fingerprint density at radius 3 is 2.05 bits per heavy atom. The van der Waals surface area contributed by atoms with Crippen LogP contribution < -0.4 is 0 Å². The van der Waals surface area contributed by atoms with Gasteiger partial charge in [0.1, 0.15) is 11.6 Å². The van der Waals surface area contributed by atoms with Gasteiger partial charge in [0.25, 0.3) is 0 Å². The van der Waals surface area contributed by atoms with Crippen molar-refractivity contribution in [2.45, 2.75) is 71.6 Å². The van der Waals surface area contributed by atoms with Gasteiger partial charge < -0.3 is 14.6 Å². The second-order valence-corrected chi connectivity index (χ2v) is 6.70. The van der Waals surface area contributed by atoms with Crippen LogP contribution in [0.3, 0.4) is 0 Å². The van der Waals surface area contributed by atoms with Crippen molar-refractivity contribution in [3.8, 4) is 0 Å². The SMILES string of the molecule is CCCN(C(=O)OC(C)(C)C)C(CC(C)(C)OC)C(=O)O. The van der Waals surface area contributed by atoms with Gasteiger partial charge in [-0.25, -0.2) is 9.59 Å². The van der Waals surface area contributed by atoms with Crippen LogP contribution in [-0.2, 0) is 14.3 Å². The molecule has 6 nitrogen and oxygen atoms in total. The molecule has 0 spiro atoms. The van der Waals surface area contributed by atoms with Gasteiger partial charge in [-0.2, -0.15) is 0 Å². The summed E-state index contributed by atoms with van der Waals surface area (Å²) in [5.41, 5.74) is -1.31. The second-order valence-electron chi connectivity index (χ2n) is 6.70. The van der Waals surface area contributed by atoms with E-state index in [4.69, 9.17) is 9.47 Å². The van der Waals surface area contributed by atoms with Crippen molar-refractivity contribution in [3.63, 3.8) is 0 Å². The Morgan fingerprint density at radius 1 is 1.19 bits per heavy atom. The van der Waals surface area contributed by atoms with E-state index in [0.29, 0.717) is 13.0 Å². The summed E-state index contributed by atoms with van der Waals surface area (Å²) < 4.78 is 10.6. The molecule has 0 fully saturated rings. The van der Waals surface area contributed by atoms with Crippen molar-refractivity contribution in [2.75, 3.05) is 13.7 Å². The highest BCUT2D eigenvalue weighted by Crippen LogP contribution is 2.22. The van der Waals surface area contributed by atoms with Crippen molar-refractivity contribution < 1.29 is 24.2 Å². The average molecular weight is 303 g/mol. The van der Waals surface area contributed by atoms with Crippen LogP contribution in [0.2, 0.25) is 0 Å². The number of methoxy groups -OCH3 is 1. The largest absolute Gasteiger partial charge is 0.480 e. The number of hydrogen-bond acceptors (Lipinski definition) is 4. The Labute approximate surface area is 127 Å². The van der Waals surface area contributed by atoms with E-state index in [2.05, 4.69) is 0 Å². The van der Waals surface area contributed by atoms with Crippen LogP contribution >= 0.6 is 0 Å². The fourth-order valence-corrected chi connectivity index (χ4v) is 1.82. The minimum absolute atomic E-state index is 0.193. The Bertz CT molecular complexity index is 360. The zero-order valence-corrected chi connectivity index (χ0v) is 14.2. The maximum atomic E-state index is 12.3. The molecule has 1 amide bonds. The van der Waals surface area contributed by atoms with Gasteiger partial charge in [0.15, 0.2) is 0 Å². The monoisotopic (exact) mass is 303 g/mol. The van der Waals surface area contributed by atoms with E-state index >= 15 is 0 Å². The number of nitrogens with zero attached hydrogens (tertiary/aromatic N) is 1. The molecule has 0 saturated heterocycles. The third-order valence-electron chi connectivity index (χ3n) is 2.99. The molecular weight excluding hydrogens is 274 g/mol. The van der Waals surface area contributed by atoms with Crippen molar-refractivity contribution in [2.24, 2.45) is 0 Å². The van der Waals surface area contributed by atoms with Crippen LogP contribution in [0.1, 0.15) is 54.4 Å². The second kappa shape index (κ2) is 7.64. The Hall–Kier alpha value is -1.30. The summed E-state index contributed by atoms with van der Waals surface area (Å²) in [6.07, 6.45) is 0.234. The molecule has 1 atom stereocenters. The van der Waals surface area contributed by atoms with Crippen molar-refractivity contribution >= 4 is 12.1 Å². The predicted octanol–water partition coefficient (Wildman–Crippen LogP) is 2.90. The molecule has 0 heterocycles. The highest BCUT2D eigenvalue weighted by Gasteiger charge is 2.36. The third kappa shape index (κ3) is 7.32. The van der Waals surface area contributed by atoms with Crippen LogP contribution in [0.25, 0.3) is 0 Å². The van der Waals surface area contributed by atoms with Gasteiger partial charge in [0.05, 0.1) is 5.60 Å². The van der Waals surface area contributed by atoms with Crippen LogP contribution in [-0.4, -0.2) is 53.0 Å². The van der Waals surface area contributed by atoms with Crippen molar-refractivity contribution in [1.29, 1.82) is 0 Å². The molecule has 0 radical (unpaired) electrons. The zero-order valence-electron chi connectivity index (χ0n) is 14.2. The Kier molecular flexibility index (Phi) is 7.16. The number of amides is 1. The molecule has 0 aliphatic rings. The van der Waals surface area contributed by atoms with Gasteiger partial charge in [0, 0.05) is 20.1 Å². The molecule has 0 bridgehead atoms. The Balaban J connectivity index is 5.25. The molecule has 0 rings (SSSR count). The molecule has 0 aliphatic carbocycles. The molecule has 124 valence electrons. The van der Waals surface area contributed by atoms with Crippen LogP contribution in [0.4, 0.5) is 4.79 Å². The van der Waals surface area contributed by atoms with E-state index in [1.165, 1.54) is 12.0 Å². The summed E-state index contributed by atoms with van der Waals surface area (Å²) in [5.74, 6) is -1.06. The molecular formula is C15H29NO5. The fraction of sp³-hybridized carbons (Fsp3) is 0.867. The number of carbonyl (C=O) groups excluding carboxylic acids is 1. The van der Waals surface area contributed by atoms with E-state index in [0.717, 1.165) is 0 Å². The summed E-state index contributed by atoms with van der Waals surface area (Å²) in [6.45, 7) is 11.1. The number of carboxylic acids is 1. The van der Waals surface area contributed by atoms with E-state index < -0.39 is 29.3 Å². The van der Waals surface area contributed by atoms with E-state index in [1.54, 1.807) is 34.6 Å². The summed E-state index contributed by atoms with van der Waals surface area (Å²) in [6, 6.07) is -0.977. The molecule has 1 N–H and O–H groups in total. The van der Waals surface area contributed by atoms with Crippen LogP contribution in [0.5, 0.6) is 0 Å². The van der Waals surface area contributed by atoms with Crippen molar-refractivity contribution in [3.05, 3.63) is 0 Å². The maximum Gasteiger partial charge on any atom is 0.411 e. The van der Waals surface area contributed by atoms with Gasteiger partial charge in [-0.05, 0) is 41.0 Å². The van der Waals surface area contributed by atoms with E-state index in [-0.39, 0.29) is 6.42 Å². The summed E-state index contributed by atoms with van der Waals surface area (Å²) in [5, 5.41) is 9.47. The lowest BCUT2D eigenvalue weighted by Gasteiger charge is -2.35. The topological polar surface area (TPSA) is 76.1 Å². The minimum atomic E-state index is -1.06. The quantitative estimate of drug-likeness (QED) is 0.782. The lowest BCUT2D eigenvalue weighted by Crippen LogP contribution is -2.50. The lowest BCUT2D eigenvalue weighted by atomic mass is 9.97.